The Balaban J connectivity index is 1.28. The first kappa shape index (κ1) is 19.4. The van der Waals surface area contributed by atoms with Crippen molar-refractivity contribution in [3.05, 3.63) is 59.9 Å². The average molecular weight is 394 g/mol. The predicted molar refractivity (Wildman–Crippen MR) is 108 cm³/mol. The monoisotopic (exact) mass is 394 g/mol. The third-order valence-electron chi connectivity index (χ3n) is 5.44. The van der Waals surface area contributed by atoms with Gasteiger partial charge < -0.3 is 15.4 Å². The molecule has 0 bridgehead atoms. The number of carbonyl (C=O) groups is 2. The Morgan fingerprint density at radius 3 is 2.69 bits per heavy atom. The predicted octanol–water partition coefficient (Wildman–Crippen LogP) is 1.74. The minimum Gasteiger partial charge on any atom is -0.490 e. The molecular weight excluding hydrogens is 368 g/mol. The molecule has 0 spiro atoms. The summed E-state index contributed by atoms with van der Waals surface area (Å²) in [6, 6.07) is 10.8. The average Bonchev–Trinajstić information content (AvgIpc) is 3.15. The summed E-state index contributed by atoms with van der Waals surface area (Å²) in [7, 11) is 0. The van der Waals surface area contributed by atoms with Gasteiger partial charge in [0.2, 0.25) is 5.91 Å². The van der Waals surface area contributed by atoms with E-state index in [1.807, 2.05) is 36.7 Å². The van der Waals surface area contributed by atoms with E-state index in [4.69, 9.17) is 4.74 Å². The van der Waals surface area contributed by atoms with Crippen molar-refractivity contribution in [2.24, 2.45) is 0 Å². The summed E-state index contributed by atoms with van der Waals surface area (Å²) in [5.74, 6) is 0.329. The summed E-state index contributed by atoms with van der Waals surface area (Å²) < 4.78 is 6.14. The third kappa shape index (κ3) is 5.12. The van der Waals surface area contributed by atoms with E-state index < -0.39 is 6.04 Å². The van der Waals surface area contributed by atoms with Crippen LogP contribution >= 0.6 is 0 Å². The van der Waals surface area contributed by atoms with E-state index in [0.29, 0.717) is 24.3 Å². The Bertz CT molecular complexity index is 850. The number of ether oxygens (including phenoxy) is 1. The molecule has 4 rings (SSSR count). The van der Waals surface area contributed by atoms with E-state index >= 15 is 0 Å². The number of amides is 2. The van der Waals surface area contributed by atoms with Gasteiger partial charge in [-0.2, -0.15) is 0 Å². The first-order valence-electron chi connectivity index (χ1n) is 10.1. The van der Waals surface area contributed by atoms with Crippen molar-refractivity contribution in [2.45, 2.75) is 38.0 Å². The number of likely N-dealkylation sites (tertiary alicyclic amines) is 1. The molecule has 29 heavy (non-hydrogen) atoms. The molecule has 2 amide bonds. The van der Waals surface area contributed by atoms with Crippen LogP contribution in [0.5, 0.6) is 5.75 Å². The molecule has 3 heterocycles. The number of piperidine rings is 1. The molecule has 1 unspecified atom stereocenters. The SMILES string of the molecule is O=C(NC1CCNC1=O)c1cccc(OC2CCN(Cc3ccncc3)CC2)c1. The van der Waals surface area contributed by atoms with Gasteiger partial charge in [-0.3, -0.25) is 19.5 Å². The van der Waals surface area contributed by atoms with Gasteiger partial charge >= 0.3 is 0 Å². The lowest BCUT2D eigenvalue weighted by atomic mass is 10.1. The van der Waals surface area contributed by atoms with Crippen LogP contribution in [0.15, 0.2) is 48.8 Å². The number of hydrogen-bond acceptors (Lipinski definition) is 5. The number of nitrogens with zero attached hydrogens (tertiary/aromatic N) is 2. The highest BCUT2D eigenvalue weighted by Gasteiger charge is 2.26. The van der Waals surface area contributed by atoms with Crippen LogP contribution < -0.4 is 15.4 Å². The van der Waals surface area contributed by atoms with Crippen LogP contribution in [0.2, 0.25) is 0 Å². The summed E-state index contributed by atoms with van der Waals surface area (Å²) in [5, 5.41) is 5.51. The maximum absolute atomic E-state index is 12.4. The smallest absolute Gasteiger partial charge is 0.252 e. The molecule has 2 aromatic rings. The molecule has 0 aliphatic carbocycles. The van der Waals surface area contributed by atoms with Crippen molar-refractivity contribution in [3.8, 4) is 5.75 Å². The summed E-state index contributed by atoms with van der Waals surface area (Å²) >= 11 is 0. The van der Waals surface area contributed by atoms with Crippen molar-refractivity contribution in [1.82, 2.24) is 20.5 Å². The Morgan fingerprint density at radius 1 is 1.17 bits per heavy atom. The minimum atomic E-state index is -0.447. The molecule has 1 aromatic carbocycles. The molecule has 152 valence electrons. The molecule has 0 radical (unpaired) electrons. The number of pyridine rings is 1. The van der Waals surface area contributed by atoms with Gasteiger partial charge in [-0.1, -0.05) is 6.07 Å². The second-order valence-electron chi connectivity index (χ2n) is 7.58. The van der Waals surface area contributed by atoms with E-state index in [2.05, 4.69) is 20.5 Å². The van der Waals surface area contributed by atoms with Crippen molar-refractivity contribution in [3.63, 3.8) is 0 Å². The number of rotatable bonds is 6. The molecule has 2 saturated heterocycles. The van der Waals surface area contributed by atoms with E-state index in [0.717, 1.165) is 32.5 Å². The quantitative estimate of drug-likeness (QED) is 0.780. The zero-order valence-corrected chi connectivity index (χ0v) is 16.3. The normalized spacial score (nSPS) is 20.3. The number of aromatic nitrogens is 1. The van der Waals surface area contributed by atoms with Gasteiger partial charge in [0.1, 0.15) is 17.9 Å². The van der Waals surface area contributed by atoms with Crippen molar-refractivity contribution in [2.75, 3.05) is 19.6 Å². The minimum absolute atomic E-state index is 0.121. The van der Waals surface area contributed by atoms with Gasteiger partial charge in [0.05, 0.1) is 0 Å². The molecular formula is C22H26N4O3. The molecule has 7 heteroatoms. The molecule has 2 aliphatic heterocycles. The van der Waals surface area contributed by atoms with Gasteiger partial charge in [0.25, 0.3) is 5.91 Å². The lowest BCUT2D eigenvalue weighted by Gasteiger charge is -2.32. The second kappa shape index (κ2) is 9.05. The van der Waals surface area contributed by atoms with Crippen molar-refractivity contribution in [1.29, 1.82) is 0 Å². The summed E-state index contributed by atoms with van der Waals surface area (Å²) in [6.07, 6.45) is 6.32. The topological polar surface area (TPSA) is 83.6 Å². The molecule has 2 N–H and O–H groups in total. The highest BCUT2D eigenvalue weighted by atomic mass is 16.5. The molecule has 1 atom stereocenters. The Hall–Kier alpha value is -2.93. The lowest BCUT2D eigenvalue weighted by Crippen LogP contribution is -2.40. The van der Waals surface area contributed by atoms with Crippen LogP contribution in [-0.2, 0) is 11.3 Å². The van der Waals surface area contributed by atoms with E-state index in [1.165, 1.54) is 5.56 Å². The maximum Gasteiger partial charge on any atom is 0.252 e. The Labute approximate surface area is 170 Å². The van der Waals surface area contributed by atoms with E-state index in [-0.39, 0.29) is 17.9 Å². The molecule has 2 fully saturated rings. The molecule has 0 saturated carbocycles. The van der Waals surface area contributed by atoms with Crippen molar-refractivity contribution >= 4 is 11.8 Å². The van der Waals surface area contributed by atoms with Crippen LogP contribution in [0.25, 0.3) is 0 Å². The van der Waals surface area contributed by atoms with Gasteiger partial charge in [-0.25, -0.2) is 0 Å². The highest BCUT2D eigenvalue weighted by Crippen LogP contribution is 2.21. The number of nitrogens with one attached hydrogen (secondary N) is 2. The maximum atomic E-state index is 12.4. The van der Waals surface area contributed by atoms with E-state index in [9.17, 15) is 9.59 Å². The first-order valence-corrected chi connectivity index (χ1v) is 10.1. The second-order valence-corrected chi connectivity index (χ2v) is 7.58. The number of hydrogen-bond donors (Lipinski definition) is 2. The van der Waals surface area contributed by atoms with E-state index in [1.54, 1.807) is 12.1 Å². The van der Waals surface area contributed by atoms with Crippen LogP contribution in [0.4, 0.5) is 0 Å². The summed E-state index contributed by atoms with van der Waals surface area (Å²) in [4.78, 5) is 30.6. The first-order chi connectivity index (χ1) is 14.2. The standard InChI is InChI=1S/C22H26N4O3/c27-21(25-20-6-11-24-22(20)28)17-2-1-3-19(14-17)29-18-7-12-26(13-8-18)15-16-4-9-23-10-5-16/h1-5,9-10,14,18,20H,6-8,11-13,15H2,(H,24,28)(H,25,27). The molecule has 7 nitrogen and oxygen atoms in total. The molecule has 2 aliphatic rings. The fraction of sp³-hybridized carbons (Fsp3) is 0.409. The van der Waals surface area contributed by atoms with Gasteiger partial charge in [-0.15, -0.1) is 0 Å². The highest BCUT2D eigenvalue weighted by molar-refractivity contribution is 5.98. The fourth-order valence-electron chi connectivity index (χ4n) is 3.81. The van der Waals surface area contributed by atoms with Gasteiger partial charge in [0, 0.05) is 44.1 Å². The van der Waals surface area contributed by atoms with Gasteiger partial charge in [0.15, 0.2) is 0 Å². The number of carbonyl (C=O) groups excluding carboxylic acids is 2. The Kier molecular flexibility index (Phi) is 6.05. The van der Waals surface area contributed by atoms with Gasteiger partial charge in [-0.05, 0) is 55.2 Å². The zero-order valence-electron chi connectivity index (χ0n) is 16.3. The summed E-state index contributed by atoms with van der Waals surface area (Å²) in [5.41, 5.74) is 1.78. The lowest BCUT2D eigenvalue weighted by molar-refractivity contribution is -0.120. The fourth-order valence-corrected chi connectivity index (χ4v) is 3.81. The zero-order chi connectivity index (χ0) is 20.1. The van der Waals surface area contributed by atoms with Crippen LogP contribution in [0, 0.1) is 0 Å². The Morgan fingerprint density at radius 2 is 1.97 bits per heavy atom. The van der Waals surface area contributed by atoms with Crippen LogP contribution in [0.1, 0.15) is 35.2 Å². The van der Waals surface area contributed by atoms with Crippen molar-refractivity contribution < 1.29 is 14.3 Å². The van der Waals surface area contributed by atoms with Crippen LogP contribution in [0.3, 0.4) is 0 Å². The summed E-state index contributed by atoms with van der Waals surface area (Å²) in [6.45, 7) is 3.49. The third-order valence-corrected chi connectivity index (χ3v) is 5.44. The molecule has 1 aromatic heterocycles. The number of benzene rings is 1. The van der Waals surface area contributed by atoms with Crippen LogP contribution in [-0.4, -0.2) is 53.5 Å². The largest absolute Gasteiger partial charge is 0.490 e.